The fraction of sp³-hybridized carbons (Fsp3) is 0.550. The van der Waals surface area contributed by atoms with Crippen LogP contribution in [0.4, 0.5) is 11.4 Å². The largest absolute Gasteiger partial charge is 0.497 e. The van der Waals surface area contributed by atoms with Crippen molar-refractivity contribution in [1.82, 2.24) is 4.90 Å². The predicted octanol–water partition coefficient (Wildman–Crippen LogP) is 3.52. The van der Waals surface area contributed by atoms with Gasteiger partial charge in [-0.3, -0.25) is 9.69 Å². The lowest BCUT2D eigenvalue weighted by Crippen LogP contribution is -2.36. The fourth-order valence-electron chi connectivity index (χ4n) is 3.34. The van der Waals surface area contributed by atoms with Crippen molar-refractivity contribution in [3.63, 3.8) is 0 Å². The standard InChI is InChI=1S/C20H29N3O2/c1-16-8-9-17(21-14-18-7-3-6-12-25-18)13-19(16)22-20(24)15-23-10-4-2-5-11-23/h6,8-9,12-13,18,21H,2-5,7,10-11,14-15H2,1H3,(H,22,24)/t18-/m1/s1. The SMILES string of the molecule is Cc1ccc(NC[C@H]2CCC=CO2)cc1NC(=O)CN1CCCCC1. The third-order valence-electron chi connectivity index (χ3n) is 4.88. The lowest BCUT2D eigenvalue weighted by atomic mass is 10.1. The van der Waals surface area contributed by atoms with E-state index in [1.807, 2.05) is 25.1 Å². The number of amides is 1. The summed E-state index contributed by atoms with van der Waals surface area (Å²) in [6.45, 7) is 5.34. The van der Waals surface area contributed by atoms with E-state index in [-0.39, 0.29) is 12.0 Å². The van der Waals surface area contributed by atoms with Crippen LogP contribution in [-0.4, -0.2) is 43.1 Å². The average molecular weight is 343 g/mol. The van der Waals surface area contributed by atoms with Crippen LogP contribution >= 0.6 is 0 Å². The molecule has 0 aromatic heterocycles. The molecule has 1 fully saturated rings. The number of hydrogen-bond donors (Lipinski definition) is 2. The highest BCUT2D eigenvalue weighted by Crippen LogP contribution is 2.21. The molecule has 1 amide bonds. The molecule has 0 spiro atoms. The fourth-order valence-corrected chi connectivity index (χ4v) is 3.34. The summed E-state index contributed by atoms with van der Waals surface area (Å²) >= 11 is 0. The van der Waals surface area contributed by atoms with E-state index < -0.39 is 0 Å². The monoisotopic (exact) mass is 343 g/mol. The first-order chi connectivity index (χ1) is 12.2. The van der Waals surface area contributed by atoms with Gasteiger partial charge in [-0.05, 0) is 69.5 Å². The highest BCUT2D eigenvalue weighted by molar-refractivity contribution is 5.93. The van der Waals surface area contributed by atoms with Crippen molar-refractivity contribution in [3.8, 4) is 0 Å². The number of nitrogens with zero attached hydrogens (tertiary/aromatic N) is 1. The number of likely N-dealkylation sites (tertiary alicyclic amines) is 1. The number of nitrogens with one attached hydrogen (secondary N) is 2. The van der Waals surface area contributed by atoms with Crippen molar-refractivity contribution < 1.29 is 9.53 Å². The van der Waals surface area contributed by atoms with Crippen molar-refractivity contribution in [1.29, 1.82) is 0 Å². The van der Waals surface area contributed by atoms with Crippen molar-refractivity contribution in [2.75, 3.05) is 36.8 Å². The van der Waals surface area contributed by atoms with Crippen molar-refractivity contribution in [2.24, 2.45) is 0 Å². The Morgan fingerprint density at radius 2 is 2.12 bits per heavy atom. The molecule has 0 radical (unpaired) electrons. The first-order valence-electron chi connectivity index (χ1n) is 9.38. The molecular weight excluding hydrogens is 314 g/mol. The molecule has 5 nitrogen and oxygen atoms in total. The van der Waals surface area contributed by atoms with Crippen LogP contribution in [0.2, 0.25) is 0 Å². The minimum absolute atomic E-state index is 0.0721. The van der Waals surface area contributed by atoms with Crippen molar-refractivity contribution in [3.05, 3.63) is 36.1 Å². The molecule has 1 aromatic rings. The summed E-state index contributed by atoms with van der Waals surface area (Å²) in [7, 11) is 0. The number of carbonyl (C=O) groups is 1. The van der Waals surface area contributed by atoms with E-state index in [1.54, 1.807) is 6.26 Å². The van der Waals surface area contributed by atoms with Crippen LogP contribution in [0.25, 0.3) is 0 Å². The predicted molar refractivity (Wildman–Crippen MR) is 102 cm³/mol. The second-order valence-corrected chi connectivity index (χ2v) is 7.00. The Labute approximate surface area is 150 Å². The van der Waals surface area contributed by atoms with E-state index in [0.29, 0.717) is 6.54 Å². The van der Waals surface area contributed by atoms with Gasteiger partial charge >= 0.3 is 0 Å². The molecular formula is C20H29N3O2. The average Bonchev–Trinajstić information content (AvgIpc) is 2.64. The summed E-state index contributed by atoms with van der Waals surface area (Å²) in [4.78, 5) is 14.6. The number of ether oxygens (including phenoxy) is 1. The van der Waals surface area contributed by atoms with E-state index in [9.17, 15) is 4.79 Å². The molecule has 1 aromatic carbocycles. The highest BCUT2D eigenvalue weighted by Gasteiger charge is 2.15. The normalized spacial score (nSPS) is 20.8. The van der Waals surface area contributed by atoms with Crippen LogP contribution in [0.15, 0.2) is 30.5 Å². The molecule has 25 heavy (non-hydrogen) atoms. The van der Waals surface area contributed by atoms with Gasteiger partial charge in [0.2, 0.25) is 5.91 Å². The van der Waals surface area contributed by atoms with Gasteiger partial charge in [0.1, 0.15) is 6.10 Å². The molecule has 3 rings (SSSR count). The van der Waals surface area contributed by atoms with Gasteiger partial charge in [-0.25, -0.2) is 0 Å². The summed E-state index contributed by atoms with van der Waals surface area (Å²) in [5.41, 5.74) is 2.97. The Kier molecular flexibility index (Phi) is 6.34. The number of rotatable bonds is 6. The molecule has 2 aliphatic rings. The maximum Gasteiger partial charge on any atom is 0.238 e. The molecule has 0 unspecified atom stereocenters. The number of allylic oxidation sites excluding steroid dienone is 1. The second kappa shape index (κ2) is 8.90. The van der Waals surface area contributed by atoms with Crippen LogP contribution < -0.4 is 10.6 Å². The zero-order chi connectivity index (χ0) is 17.5. The Balaban J connectivity index is 1.53. The Morgan fingerprint density at radius 3 is 2.88 bits per heavy atom. The molecule has 2 N–H and O–H groups in total. The molecule has 0 bridgehead atoms. The topological polar surface area (TPSA) is 53.6 Å². The minimum Gasteiger partial charge on any atom is -0.497 e. The molecule has 0 aliphatic carbocycles. The summed E-state index contributed by atoms with van der Waals surface area (Å²) in [6.07, 6.45) is 9.84. The summed E-state index contributed by atoms with van der Waals surface area (Å²) in [6, 6.07) is 6.11. The van der Waals surface area contributed by atoms with Crippen molar-refractivity contribution in [2.45, 2.75) is 45.1 Å². The van der Waals surface area contributed by atoms with Gasteiger partial charge in [0.05, 0.1) is 19.4 Å². The number of hydrogen-bond acceptors (Lipinski definition) is 4. The third kappa shape index (κ3) is 5.49. The number of piperidine rings is 1. The van der Waals surface area contributed by atoms with Gasteiger partial charge in [-0.1, -0.05) is 12.5 Å². The molecule has 1 atom stereocenters. The van der Waals surface area contributed by atoms with E-state index in [2.05, 4.69) is 21.6 Å². The van der Waals surface area contributed by atoms with E-state index in [4.69, 9.17) is 4.74 Å². The number of anilines is 2. The molecule has 0 saturated carbocycles. The van der Waals surface area contributed by atoms with Crippen LogP contribution in [0.5, 0.6) is 0 Å². The number of aryl methyl sites for hydroxylation is 1. The zero-order valence-corrected chi connectivity index (χ0v) is 15.1. The van der Waals surface area contributed by atoms with Gasteiger partial charge < -0.3 is 15.4 Å². The van der Waals surface area contributed by atoms with Crippen LogP contribution in [-0.2, 0) is 9.53 Å². The van der Waals surface area contributed by atoms with E-state index in [0.717, 1.165) is 49.4 Å². The maximum atomic E-state index is 12.3. The molecule has 136 valence electrons. The molecule has 5 heteroatoms. The minimum atomic E-state index is 0.0721. The lowest BCUT2D eigenvalue weighted by Gasteiger charge is -2.25. The maximum absolute atomic E-state index is 12.3. The second-order valence-electron chi connectivity index (χ2n) is 7.00. The molecule has 2 aliphatic heterocycles. The van der Waals surface area contributed by atoms with E-state index >= 15 is 0 Å². The van der Waals surface area contributed by atoms with Gasteiger partial charge in [0.15, 0.2) is 0 Å². The third-order valence-corrected chi connectivity index (χ3v) is 4.88. The highest BCUT2D eigenvalue weighted by atomic mass is 16.5. The molecule has 1 saturated heterocycles. The van der Waals surface area contributed by atoms with Gasteiger partial charge in [-0.15, -0.1) is 0 Å². The van der Waals surface area contributed by atoms with E-state index in [1.165, 1.54) is 19.3 Å². The van der Waals surface area contributed by atoms with Crippen molar-refractivity contribution >= 4 is 17.3 Å². The Hall–Kier alpha value is -2.01. The summed E-state index contributed by atoms with van der Waals surface area (Å²) in [5.74, 6) is 0.0721. The first-order valence-corrected chi connectivity index (χ1v) is 9.38. The van der Waals surface area contributed by atoms with Crippen LogP contribution in [0.3, 0.4) is 0 Å². The Morgan fingerprint density at radius 1 is 1.28 bits per heavy atom. The number of benzene rings is 1. The summed E-state index contributed by atoms with van der Waals surface area (Å²) in [5, 5.41) is 6.49. The summed E-state index contributed by atoms with van der Waals surface area (Å²) < 4.78 is 5.58. The van der Waals surface area contributed by atoms with Crippen LogP contribution in [0.1, 0.15) is 37.7 Å². The Bertz CT molecular complexity index is 609. The molecule has 2 heterocycles. The van der Waals surface area contributed by atoms with Crippen LogP contribution in [0, 0.1) is 6.92 Å². The zero-order valence-electron chi connectivity index (χ0n) is 15.1. The smallest absolute Gasteiger partial charge is 0.238 e. The first kappa shape index (κ1) is 17.8. The lowest BCUT2D eigenvalue weighted by molar-refractivity contribution is -0.117. The van der Waals surface area contributed by atoms with Gasteiger partial charge in [-0.2, -0.15) is 0 Å². The number of carbonyl (C=O) groups excluding carboxylic acids is 1. The quantitative estimate of drug-likeness (QED) is 0.830. The van der Waals surface area contributed by atoms with Gasteiger partial charge in [0.25, 0.3) is 0 Å². The van der Waals surface area contributed by atoms with Gasteiger partial charge in [0, 0.05) is 11.4 Å².